The maximum atomic E-state index is 3.61. The molecule has 1 saturated carbocycles. The van der Waals surface area contributed by atoms with Gasteiger partial charge in [-0.05, 0) is 68.1 Å². The predicted molar refractivity (Wildman–Crippen MR) is 131 cm³/mol. The van der Waals surface area contributed by atoms with Gasteiger partial charge >= 0.3 is 0 Å². The van der Waals surface area contributed by atoms with Crippen LogP contribution >= 0.6 is 0 Å². The van der Waals surface area contributed by atoms with E-state index in [2.05, 4.69) is 44.3 Å². The van der Waals surface area contributed by atoms with Crippen molar-refractivity contribution in [2.45, 2.75) is 130 Å². The summed E-state index contributed by atoms with van der Waals surface area (Å²) in [6.45, 7) is 7.93. The van der Waals surface area contributed by atoms with Crippen LogP contribution in [0.3, 0.4) is 0 Å². The summed E-state index contributed by atoms with van der Waals surface area (Å²) in [6.07, 6.45) is 24.1. The van der Waals surface area contributed by atoms with Gasteiger partial charge in [-0.15, -0.1) is 0 Å². The van der Waals surface area contributed by atoms with Crippen LogP contribution in [0.2, 0.25) is 0 Å². The zero-order valence-corrected chi connectivity index (χ0v) is 20.0. The quantitative estimate of drug-likeness (QED) is 0.290. The summed E-state index contributed by atoms with van der Waals surface area (Å²) in [4.78, 5) is 0. The third-order valence-corrected chi connectivity index (χ3v) is 7.31. The van der Waals surface area contributed by atoms with Gasteiger partial charge in [-0.2, -0.15) is 0 Å². The van der Waals surface area contributed by atoms with Gasteiger partial charge in [0.05, 0.1) is 0 Å². The predicted octanol–water partition coefficient (Wildman–Crippen LogP) is 9.23. The van der Waals surface area contributed by atoms with Crippen molar-refractivity contribution < 1.29 is 0 Å². The number of unbranched alkanes of at least 4 members (excludes halogenated alkanes) is 7. The Morgan fingerprint density at radius 3 is 2.17 bits per heavy atom. The van der Waals surface area contributed by atoms with E-state index in [1.807, 2.05) is 0 Å². The van der Waals surface area contributed by atoms with Crippen LogP contribution < -0.4 is 5.32 Å². The molecular weight excluding hydrogens is 350 g/mol. The lowest BCUT2D eigenvalue weighted by atomic mass is 9.68. The molecule has 1 nitrogen and oxygen atoms in total. The minimum absolute atomic E-state index is 0.646. The lowest BCUT2D eigenvalue weighted by Crippen LogP contribution is -2.25. The van der Waals surface area contributed by atoms with E-state index in [0.717, 1.165) is 6.54 Å². The van der Waals surface area contributed by atoms with Crippen LogP contribution in [0.25, 0.3) is 0 Å². The number of rotatable bonds is 15. The third kappa shape index (κ3) is 9.14. The van der Waals surface area contributed by atoms with Gasteiger partial charge in [-0.25, -0.2) is 0 Å². The fraction of sp³-hybridized carbons (Fsp3) is 0.786. The molecule has 166 valence electrons. The summed E-state index contributed by atoms with van der Waals surface area (Å²) in [5, 5.41) is 3.61. The molecule has 1 aromatic carbocycles. The molecule has 0 spiro atoms. The Hall–Kier alpha value is -0.980. The highest BCUT2D eigenvalue weighted by Gasteiger charge is 2.30. The molecule has 1 aliphatic carbocycles. The first-order valence-corrected chi connectivity index (χ1v) is 13.0. The number of aryl methyl sites for hydroxylation is 2. The number of anilines is 1. The van der Waals surface area contributed by atoms with E-state index in [-0.39, 0.29) is 0 Å². The molecule has 0 bridgehead atoms. The average Bonchev–Trinajstić information content (AvgIpc) is 2.74. The van der Waals surface area contributed by atoms with Crippen LogP contribution in [0.1, 0.15) is 128 Å². The van der Waals surface area contributed by atoms with E-state index in [9.17, 15) is 0 Å². The minimum Gasteiger partial charge on any atom is -0.385 e. The van der Waals surface area contributed by atoms with Crippen LogP contribution in [-0.4, -0.2) is 6.54 Å². The van der Waals surface area contributed by atoms with Gasteiger partial charge in [-0.1, -0.05) is 96.6 Å². The van der Waals surface area contributed by atoms with Gasteiger partial charge in [0.25, 0.3) is 0 Å². The van der Waals surface area contributed by atoms with Gasteiger partial charge in [0.15, 0.2) is 0 Å². The van der Waals surface area contributed by atoms with E-state index < -0.39 is 0 Å². The molecule has 0 amide bonds. The van der Waals surface area contributed by atoms with E-state index >= 15 is 0 Å². The summed E-state index contributed by atoms with van der Waals surface area (Å²) in [6, 6.07) is 7.15. The van der Waals surface area contributed by atoms with Gasteiger partial charge in [-0.3, -0.25) is 0 Å². The Morgan fingerprint density at radius 2 is 1.48 bits per heavy atom. The Morgan fingerprint density at radius 1 is 0.793 bits per heavy atom. The molecule has 1 aromatic rings. The zero-order chi connectivity index (χ0) is 20.8. The molecule has 0 atom stereocenters. The van der Waals surface area contributed by atoms with Crippen molar-refractivity contribution in [2.75, 3.05) is 11.9 Å². The fourth-order valence-electron chi connectivity index (χ4n) is 5.27. The van der Waals surface area contributed by atoms with E-state index in [4.69, 9.17) is 0 Å². The minimum atomic E-state index is 0.646. The Bertz CT molecular complexity index is 541. The molecule has 0 aliphatic heterocycles. The highest BCUT2D eigenvalue weighted by Crippen LogP contribution is 2.44. The molecular formula is C28H49N. The lowest BCUT2D eigenvalue weighted by molar-refractivity contribution is 0.152. The van der Waals surface area contributed by atoms with Crippen molar-refractivity contribution in [3.05, 3.63) is 29.3 Å². The smallest absolute Gasteiger partial charge is 0.0370 e. The normalized spacial score (nSPS) is 16.1. The van der Waals surface area contributed by atoms with Gasteiger partial charge in [0, 0.05) is 12.2 Å². The molecule has 0 radical (unpaired) electrons. The van der Waals surface area contributed by atoms with Crippen molar-refractivity contribution in [1.29, 1.82) is 0 Å². The van der Waals surface area contributed by atoms with E-state index in [1.165, 1.54) is 120 Å². The van der Waals surface area contributed by atoms with Crippen LogP contribution in [-0.2, 0) is 6.42 Å². The van der Waals surface area contributed by atoms with Gasteiger partial charge in [0.1, 0.15) is 0 Å². The van der Waals surface area contributed by atoms with Crippen molar-refractivity contribution in [3.63, 3.8) is 0 Å². The second kappa shape index (κ2) is 14.1. The Labute approximate surface area is 182 Å². The Kier molecular flexibility index (Phi) is 11.8. The van der Waals surface area contributed by atoms with Gasteiger partial charge < -0.3 is 5.32 Å². The monoisotopic (exact) mass is 399 g/mol. The standard InChI is InChI=1S/C28H49N/c1-4-6-8-9-10-11-13-19-28(20-14-12-15-21-28)22-18-26-16-17-27(25(3)24-26)29-23-7-5-2/h16-17,24,29H,4-15,18-23H2,1-3H3. The Balaban J connectivity index is 1.81. The number of hydrogen-bond donors (Lipinski definition) is 1. The molecule has 1 aliphatic rings. The van der Waals surface area contributed by atoms with Gasteiger partial charge in [0.2, 0.25) is 0 Å². The van der Waals surface area contributed by atoms with Crippen LogP contribution in [0.4, 0.5) is 5.69 Å². The molecule has 1 fully saturated rings. The van der Waals surface area contributed by atoms with Crippen LogP contribution in [0.5, 0.6) is 0 Å². The lowest BCUT2D eigenvalue weighted by Gasteiger charge is -2.38. The second-order valence-corrected chi connectivity index (χ2v) is 9.86. The molecule has 1 N–H and O–H groups in total. The first-order chi connectivity index (χ1) is 14.2. The van der Waals surface area contributed by atoms with Crippen molar-refractivity contribution in [3.8, 4) is 0 Å². The zero-order valence-electron chi connectivity index (χ0n) is 20.0. The number of benzene rings is 1. The molecule has 2 rings (SSSR count). The highest BCUT2D eigenvalue weighted by atomic mass is 14.9. The molecule has 0 heterocycles. The first-order valence-electron chi connectivity index (χ1n) is 13.0. The largest absolute Gasteiger partial charge is 0.385 e. The SMILES string of the molecule is CCCCCCCCCC1(CCc2ccc(NCCCC)c(C)c2)CCCCC1. The fourth-order valence-corrected chi connectivity index (χ4v) is 5.27. The molecule has 0 aromatic heterocycles. The summed E-state index contributed by atoms with van der Waals surface area (Å²) >= 11 is 0. The summed E-state index contributed by atoms with van der Waals surface area (Å²) < 4.78 is 0. The first kappa shape index (κ1) is 24.3. The second-order valence-electron chi connectivity index (χ2n) is 9.86. The average molecular weight is 400 g/mol. The molecule has 0 saturated heterocycles. The van der Waals surface area contributed by atoms with E-state index in [0.29, 0.717) is 5.41 Å². The molecule has 1 heteroatoms. The maximum absolute atomic E-state index is 3.61. The topological polar surface area (TPSA) is 12.0 Å². The molecule has 0 unspecified atom stereocenters. The van der Waals surface area contributed by atoms with Crippen molar-refractivity contribution >= 4 is 5.69 Å². The van der Waals surface area contributed by atoms with Crippen LogP contribution in [0, 0.1) is 12.3 Å². The number of nitrogens with one attached hydrogen (secondary N) is 1. The van der Waals surface area contributed by atoms with Crippen LogP contribution in [0.15, 0.2) is 18.2 Å². The molecule has 29 heavy (non-hydrogen) atoms. The summed E-state index contributed by atoms with van der Waals surface area (Å²) in [5.41, 5.74) is 4.95. The van der Waals surface area contributed by atoms with Crippen molar-refractivity contribution in [2.24, 2.45) is 5.41 Å². The summed E-state index contributed by atoms with van der Waals surface area (Å²) in [7, 11) is 0. The summed E-state index contributed by atoms with van der Waals surface area (Å²) in [5.74, 6) is 0. The number of hydrogen-bond acceptors (Lipinski definition) is 1. The van der Waals surface area contributed by atoms with E-state index in [1.54, 1.807) is 5.56 Å². The maximum Gasteiger partial charge on any atom is 0.0370 e. The van der Waals surface area contributed by atoms with Crippen molar-refractivity contribution in [1.82, 2.24) is 0 Å². The third-order valence-electron chi connectivity index (χ3n) is 7.31. The highest BCUT2D eigenvalue weighted by molar-refractivity contribution is 5.52.